The minimum Gasteiger partial charge on any atom is -0.460 e. The van der Waals surface area contributed by atoms with Crippen molar-refractivity contribution in [2.45, 2.75) is 82.1 Å². The molecule has 1 unspecified atom stereocenters. The van der Waals surface area contributed by atoms with Gasteiger partial charge in [0, 0.05) is 12.0 Å². The molecule has 0 saturated carbocycles. The number of ether oxygens (including phenoxy) is 2. The third kappa shape index (κ3) is 9.19. The van der Waals surface area contributed by atoms with Crippen molar-refractivity contribution < 1.29 is 62.6 Å². The largest absolute Gasteiger partial charge is 0.460 e. The van der Waals surface area contributed by atoms with Crippen molar-refractivity contribution in [3.8, 4) is 0 Å². The summed E-state index contributed by atoms with van der Waals surface area (Å²) in [6.07, 6.45) is -24.2. The summed E-state index contributed by atoms with van der Waals surface area (Å²) in [5.41, 5.74) is -6.54. The zero-order chi connectivity index (χ0) is 25.1. The van der Waals surface area contributed by atoms with Gasteiger partial charge in [-0.2, -0.15) is 26.3 Å². The fourth-order valence-corrected chi connectivity index (χ4v) is 2.39. The SMILES string of the molecule is C=C(C)C(=O)OCC(CC(F)(F)CC(F)(F)CC(F)(C(F)(F)F)C(F)(F)F)OC(C)C. The van der Waals surface area contributed by atoms with E-state index in [-0.39, 0.29) is 5.57 Å². The lowest BCUT2D eigenvalue weighted by Crippen LogP contribution is -2.56. The monoisotopic (exact) mass is 482 g/mol. The Balaban J connectivity index is 5.50. The van der Waals surface area contributed by atoms with Gasteiger partial charge in [0.2, 0.25) is 0 Å². The van der Waals surface area contributed by atoms with Crippen LogP contribution in [0.1, 0.15) is 40.0 Å². The first kappa shape index (κ1) is 29.4. The zero-order valence-electron chi connectivity index (χ0n) is 16.6. The molecular formula is C17H21F11O3. The van der Waals surface area contributed by atoms with E-state index in [4.69, 9.17) is 4.74 Å². The highest BCUT2D eigenvalue weighted by atomic mass is 19.4. The Morgan fingerprint density at radius 3 is 1.65 bits per heavy atom. The van der Waals surface area contributed by atoms with Crippen LogP contribution in [0.5, 0.6) is 0 Å². The van der Waals surface area contributed by atoms with E-state index in [2.05, 4.69) is 11.3 Å². The van der Waals surface area contributed by atoms with Gasteiger partial charge in [0.15, 0.2) is 0 Å². The van der Waals surface area contributed by atoms with Gasteiger partial charge in [-0.05, 0) is 20.8 Å². The summed E-state index contributed by atoms with van der Waals surface area (Å²) in [6.45, 7) is 6.21. The normalized spacial score (nSPS) is 15.2. The molecule has 184 valence electrons. The minimum absolute atomic E-state index is 0.139. The number of halogens is 11. The maximum atomic E-state index is 14.1. The fourth-order valence-electron chi connectivity index (χ4n) is 2.39. The van der Waals surface area contributed by atoms with E-state index in [0.29, 0.717) is 0 Å². The van der Waals surface area contributed by atoms with Crippen LogP contribution in [0.25, 0.3) is 0 Å². The van der Waals surface area contributed by atoms with E-state index in [1.807, 2.05) is 0 Å². The lowest BCUT2D eigenvalue weighted by atomic mass is 9.91. The van der Waals surface area contributed by atoms with E-state index in [0.717, 1.165) is 0 Å². The first-order chi connectivity index (χ1) is 13.5. The Bertz CT molecular complexity index is 610. The molecule has 0 aromatic heterocycles. The number of carbonyl (C=O) groups is 1. The maximum absolute atomic E-state index is 14.1. The Morgan fingerprint density at radius 2 is 1.29 bits per heavy atom. The molecule has 0 heterocycles. The van der Waals surface area contributed by atoms with Crippen molar-refractivity contribution in [3.63, 3.8) is 0 Å². The van der Waals surface area contributed by atoms with Crippen LogP contribution in [0, 0.1) is 0 Å². The predicted molar refractivity (Wildman–Crippen MR) is 85.5 cm³/mol. The topological polar surface area (TPSA) is 35.5 Å². The molecule has 0 aliphatic carbocycles. The average molecular weight is 482 g/mol. The molecule has 0 saturated heterocycles. The number of rotatable bonds is 11. The van der Waals surface area contributed by atoms with Gasteiger partial charge < -0.3 is 9.47 Å². The number of alkyl halides is 11. The quantitative estimate of drug-likeness (QED) is 0.201. The van der Waals surface area contributed by atoms with Crippen molar-refractivity contribution >= 4 is 5.97 Å². The molecule has 3 nitrogen and oxygen atoms in total. The van der Waals surface area contributed by atoms with E-state index < -0.39 is 73.9 Å². The maximum Gasteiger partial charge on any atom is 0.431 e. The molecule has 0 fully saturated rings. The van der Waals surface area contributed by atoms with Crippen LogP contribution in [-0.2, 0) is 14.3 Å². The van der Waals surface area contributed by atoms with Gasteiger partial charge in [0.25, 0.3) is 11.8 Å². The Morgan fingerprint density at radius 1 is 0.839 bits per heavy atom. The summed E-state index contributed by atoms with van der Waals surface area (Å²) in [6, 6.07) is 0. The molecule has 0 radical (unpaired) electrons. The molecule has 0 aromatic carbocycles. The molecule has 31 heavy (non-hydrogen) atoms. The predicted octanol–water partition coefficient (Wildman–Crippen LogP) is 6.17. The van der Waals surface area contributed by atoms with Gasteiger partial charge in [0.1, 0.15) is 6.61 Å². The molecule has 0 aromatic rings. The summed E-state index contributed by atoms with van der Waals surface area (Å²) in [7, 11) is 0. The van der Waals surface area contributed by atoms with Gasteiger partial charge >= 0.3 is 24.0 Å². The van der Waals surface area contributed by atoms with Crippen LogP contribution in [0.15, 0.2) is 12.2 Å². The molecule has 0 amide bonds. The number of hydrogen-bond donors (Lipinski definition) is 0. The van der Waals surface area contributed by atoms with Crippen LogP contribution in [0.2, 0.25) is 0 Å². The van der Waals surface area contributed by atoms with Crippen molar-refractivity contribution in [3.05, 3.63) is 12.2 Å². The second-order valence-electron chi connectivity index (χ2n) is 7.25. The second-order valence-corrected chi connectivity index (χ2v) is 7.25. The van der Waals surface area contributed by atoms with Crippen LogP contribution in [-0.4, -0.2) is 54.7 Å². The summed E-state index contributed by atoms with van der Waals surface area (Å²) >= 11 is 0. The summed E-state index contributed by atoms with van der Waals surface area (Å²) < 4.78 is 154. The van der Waals surface area contributed by atoms with Gasteiger partial charge in [-0.15, -0.1) is 0 Å². The molecule has 0 rings (SSSR count). The summed E-state index contributed by atoms with van der Waals surface area (Å²) in [5, 5.41) is 0. The molecule has 0 bridgehead atoms. The minimum atomic E-state index is -6.82. The average Bonchev–Trinajstić information content (AvgIpc) is 2.47. The molecule has 14 heteroatoms. The Hall–Kier alpha value is -1.60. The third-order valence-electron chi connectivity index (χ3n) is 3.66. The number of hydrogen-bond acceptors (Lipinski definition) is 3. The Labute approximate surface area is 170 Å². The lowest BCUT2D eigenvalue weighted by molar-refractivity contribution is -0.356. The van der Waals surface area contributed by atoms with Crippen LogP contribution in [0.4, 0.5) is 48.3 Å². The first-order valence-electron chi connectivity index (χ1n) is 8.59. The van der Waals surface area contributed by atoms with Crippen LogP contribution >= 0.6 is 0 Å². The van der Waals surface area contributed by atoms with Crippen molar-refractivity contribution in [2.24, 2.45) is 0 Å². The van der Waals surface area contributed by atoms with Crippen molar-refractivity contribution in [1.29, 1.82) is 0 Å². The highest BCUT2D eigenvalue weighted by Crippen LogP contribution is 2.53. The van der Waals surface area contributed by atoms with E-state index in [9.17, 15) is 53.1 Å². The van der Waals surface area contributed by atoms with E-state index in [1.165, 1.54) is 20.8 Å². The van der Waals surface area contributed by atoms with E-state index in [1.54, 1.807) is 0 Å². The highest BCUT2D eigenvalue weighted by Gasteiger charge is 2.75. The smallest absolute Gasteiger partial charge is 0.431 e. The number of carbonyl (C=O) groups excluding carboxylic acids is 1. The van der Waals surface area contributed by atoms with Gasteiger partial charge in [-0.1, -0.05) is 6.58 Å². The lowest BCUT2D eigenvalue weighted by Gasteiger charge is -2.34. The standard InChI is InChI=1S/C17H21F11O3/c1-9(2)12(29)30-6-11(31-10(3)4)5-13(18,19)7-14(20,21)8-15(22,16(23,24)25)17(26,27)28/h10-11H,1,5-8H2,2-4H3. The third-order valence-corrected chi connectivity index (χ3v) is 3.66. The summed E-state index contributed by atoms with van der Waals surface area (Å²) in [4.78, 5) is 11.3. The fraction of sp³-hybridized carbons (Fsp3) is 0.824. The van der Waals surface area contributed by atoms with E-state index >= 15 is 0 Å². The van der Waals surface area contributed by atoms with Gasteiger partial charge in [0.05, 0.1) is 25.0 Å². The Kier molecular flexibility index (Phi) is 9.39. The second kappa shape index (κ2) is 9.90. The summed E-state index contributed by atoms with van der Waals surface area (Å²) in [5.74, 6) is -11.0. The highest BCUT2D eigenvalue weighted by molar-refractivity contribution is 5.86. The van der Waals surface area contributed by atoms with Crippen LogP contribution in [0.3, 0.4) is 0 Å². The van der Waals surface area contributed by atoms with Gasteiger partial charge in [-0.25, -0.2) is 26.7 Å². The van der Waals surface area contributed by atoms with Crippen molar-refractivity contribution in [2.75, 3.05) is 6.61 Å². The molecule has 0 aliphatic rings. The van der Waals surface area contributed by atoms with Crippen LogP contribution < -0.4 is 0 Å². The first-order valence-corrected chi connectivity index (χ1v) is 8.59. The molecule has 1 atom stereocenters. The van der Waals surface area contributed by atoms with Crippen molar-refractivity contribution in [1.82, 2.24) is 0 Å². The molecule has 0 spiro atoms. The molecule has 0 aliphatic heterocycles. The zero-order valence-corrected chi connectivity index (χ0v) is 16.6. The molecular weight excluding hydrogens is 461 g/mol. The van der Waals surface area contributed by atoms with Gasteiger partial charge in [-0.3, -0.25) is 0 Å². The molecule has 0 N–H and O–H groups in total. The number of esters is 1.